The van der Waals surface area contributed by atoms with Crippen molar-refractivity contribution in [2.75, 3.05) is 26.8 Å². The zero-order valence-corrected chi connectivity index (χ0v) is 11.1. The lowest BCUT2D eigenvalue weighted by atomic mass is 9.99. The van der Waals surface area contributed by atoms with E-state index in [1.54, 1.807) is 0 Å². The van der Waals surface area contributed by atoms with Gasteiger partial charge in [0.05, 0.1) is 24.4 Å². The predicted octanol–water partition coefficient (Wildman–Crippen LogP) is 0.524. The topological polar surface area (TPSA) is 61.7 Å². The third kappa shape index (κ3) is 2.65. The second-order valence-corrected chi connectivity index (χ2v) is 6.44. The quantitative estimate of drug-likeness (QED) is 0.610. The number of likely N-dealkylation sites (N-methyl/N-ethyl adjacent to an activating group) is 1. The fourth-order valence-electron chi connectivity index (χ4n) is 2.65. The Morgan fingerprint density at radius 1 is 1.41 bits per heavy atom. The van der Waals surface area contributed by atoms with Gasteiger partial charge in [0.25, 0.3) is 0 Å². The fraction of sp³-hybridized carbons (Fsp3) is 1.00. The Labute approximate surface area is 103 Å². The Morgan fingerprint density at radius 2 is 2.06 bits per heavy atom. The van der Waals surface area contributed by atoms with Crippen molar-refractivity contribution < 1.29 is 14.9 Å². The van der Waals surface area contributed by atoms with Gasteiger partial charge in [0.1, 0.15) is 0 Å². The summed E-state index contributed by atoms with van der Waals surface area (Å²) in [6.07, 6.45) is 2.92. The first-order valence-electron chi connectivity index (χ1n) is 6.49. The SMILES string of the molecule is CNCC1(O)CC1C(C)(C)OCC1(CO)CC1. The molecule has 2 aliphatic carbocycles. The summed E-state index contributed by atoms with van der Waals surface area (Å²) >= 11 is 0. The van der Waals surface area contributed by atoms with Crippen LogP contribution in [0, 0.1) is 11.3 Å². The van der Waals surface area contributed by atoms with Crippen molar-refractivity contribution in [3.8, 4) is 0 Å². The van der Waals surface area contributed by atoms with Crippen molar-refractivity contribution in [2.45, 2.75) is 44.3 Å². The Kier molecular flexibility index (Phi) is 3.28. The van der Waals surface area contributed by atoms with E-state index in [9.17, 15) is 10.2 Å². The van der Waals surface area contributed by atoms with E-state index in [2.05, 4.69) is 5.32 Å². The number of hydrogen-bond donors (Lipinski definition) is 3. The molecular formula is C13H25NO3. The lowest BCUT2D eigenvalue weighted by molar-refractivity contribution is -0.0786. The van der Waals surface area contributed by atoms with E-state index in [1.165, 1.54) is 0 Å². The maximum absolute atomic E-state index is 10.2. The van der Waals surface area contributed by atoms with Gasteiger partial charge < -0.3 is 20.3 Å². The highest BCUT2D eigenvalue weighted by atomic mass is 16.5. The van der Waals surface area contributed by atoms with Gasteiger partial charge in [0.2, 0.25) is 0 Å². The van der Waals surface area contributed by atoms with Gasteiger partial charge in [-0.25, -0.2) is 0 Å². The molecule has 2 aliphatic rings. The number of aliphatic hydroxyl groups excluding tert-OH is 1. The highest BCUT2D eigenvalue weighted by molar-refractivity contribution is 5.12. The van der Waals surface area contributed by atoms with E-state index >= 15 is 0 Å². The van der Waals surface area contributed by atoms with E-state index in [0.29, 0.717) is 13.2 Å². The van der Waals surface area contributed by atoms with Crippen LogP contribution in [0.2, 0.25) is 0 Å². The van der Waals surface area contributed by atoms with Crippen LogP contribution in [0.1, 0.15) is 33.1 Å². The summed E-state index contributed by atoms with van der Waals surface area (Å²) in [5.74, 6) is 0.192. The highest BCUT2D eigenvalue weighted by Crippen LogP contribution is 2.53. The number of aliphatic hydroxyl groups is 2. The minimum Gasteiger partial charge on any atom is -0.396 e. The maximum Gasteiger partial charge on any atom is 0.0832 e. The van der Waals surface area contributed by atoms with Crippen LogP contribution in [-0.4, -0.2) is 48.2 Å². The van der Waals surface area contributed by atoms with Gasteiger partial charge in [0.15, 0.2) is 0 Å². The second-order valence-electron chi connectivity index (χ2n) is 6.44. The molecule has 100 valence electrons. The maximum atomic E-state index is 10.2. The lowest BCUT2D eigenvalue weighted by Gasteiger charge is -2.29. The third-order valence-corrected chi connectivity index (χ3v) is 4.41. The zero-order chi connectivity index (χ0) is 12.7. The van der Waals surface area contributed by atoms with Gasteiger partial charge in [-0.05, 0) is 40.2 Å². The Balaban J connectivity index is 1.83. The molecule has 0 aromatic heterocycles. The number of nitrogens with one attached hydrogen (secondary N) is 1. The van der Waals surface area contributed by atoms with E-state index < -0.39 is 5.60 Å². The van der Waals surface area contributed by atoms with Crippen LogP contribution >= 0.6 is 0 Å². The van der Waals surface area contributed by atoms with Gasteiger partial charge in [0, 0.05) is 17.9 Å². The van der Waals surface area contributed by atoms with Gasteiger partial charge >= 0.3 is 0 Å². The highest BCUT2D eigenvalue weighted by Gasteiger charge is 2.60. The van der Waals surface area contributed by atoms with Crippen LogP contribution in [0.4, 0.5) is 0 Å². The molecule has 0 aromatic rings. The molecule has 0 amide bonds. The molecule has 2 unspecified atom stereocenters. The summed E-state index contributed by atoms with van der Waals surface area (Å²) in [6.45, 7) is 5.53. The molecule has 0 bridgehead atoms. The first-order valence-corrected chi connectivity index (χ1v) is 6.49. The minimum absolute atomic E-state index is 0.0211. The summed E-state index contributed by atoms with van der Waals surface area (Å²) in [7, 11) is 1.85. The Bertz CT molecular complexity index is 288. The van der Waals surface area contributed by atoms with Gasteiger partial charge in [-0.3, -0.25) is 0 Å². The number of hydrogen-bond acceptors (Lipinski definition) is 4. The molecule has 0 saturated heterocycles. The summed E-state index contributed by atoms with van der Waals surface area (Å²) in [5, 5.41) is 22.5. The molecule has 0 aromatic carbocycles. The molecule has 4 nitrogen and oxygen atoms in total. The van der Waals surface area contributed by atoms with Gasteiger partial charge in [-0.1, -0.05) is 0 Å². The van der Waals surface area contributed by atoms with Crippen molar-refractivity contribution in [1.29, 1.82) is 0 Å². The monoisotopic (exact) mass is 243 g/mol. The van der Waals surface area contributed by atoms with E-state index in [0.717, 1.165) is 19.3 Å². The summed E-state index contributed by atoms with van der Waals surface area (Å²) in [6, 6.07) is 0. The molecule has 0 radical (unpaired) electrons. The molecule has 0 aliphatic heterocycles. The van der Waals surface area contributed by atoms with Gasteiger partial charge in [-0.2, -0.15) is 0 Å². The number of ether oxygens (including phenoxy) is 1. The fourth-order valence-corrected chi connectivity index (χ4v) is 2.65. The minimum atomic E-state index is -0.603. The van der Waals surface area contributed by atoms with Crippen molar-refractivity contribution >= 4 is 0 Å². The molecule has 0 spiro atoms. The van der Waals surface area contributed by atoms with Crippen LogP contribution < -0.4 is 5.32 Å². The first-order chi connectivity index (χ1) is 7.87. The normalized spacial score (nSPS) is 34.8. The van der Waals surface area contributed by atoms with Crippen molar-refractivity contribution in [3.05, 3.63) is 0 Å². The van der Waals surface area contributed by atoms with Crippen molar-refractivity contribution in [1.82, 2.24) is 5.32 Å². The molecule has 17 heavy (non-hydrogen) atoms. The molecule has 2 rings (SSSR count). The standard InChI is InChI=1S/C13H25NO3/c1-11(2,10-6-13(10,16)7-14-3)17-9-12(8-15)4-5-12/h10,14-16H,4-9H2,1-3H3. The predicted molar refractivity (Wildman–Crippen MR) is 65.8 cm³/mol. The molecule has 4 heteroatoms. The van der Waals surface area contributed by atoms with E-state index in [1.807, 2.05) is 20.9 Å². The molecule has 0 heterocycles. The zero-order valence-electron chi connectivity index (χ0n) is 11.1. The summed E-state index contributed by atoms with van der Waals surface area (Å²) in [5.41, 5.74) is -0.891. The average Bonchev–Trinajstić information content (AvgIpc) is 3.14. The Hall–Kier alpha value is -0.160. The molecule has 3 N–H and O–H groups in total. The lowest BCUT2D eigenvalue weighted by Crippen LogP contribution is -2.38. The number of rotatable bonds is 7. The van der Waals surface area contributed by atoms with Crippen LogP contribution in [0.25, 0.3) is 0 Å². The molecule has 2 saturated carbocycles. The summed E-state index contributed by atoms with van der Waals surface area (Å²) < 4.78 is 5.97. The third-order valence-electron chi connectivity index (χ3n) is 4.41. The first kappa shape index (κ1) is 13.3. The van der Waals surface area contributed by atoms with Crippen LogP contribution in [0.15, 0.2) is 0 Å². The Morgan fingerprint density at radius 3 is 2.53 bits per heavy atom. The van der Waals surface area contributed by atoms with Crippen LogP contribution in [0.3, 0.4) is 0 Å². The summed E-state index contributed by atoms with van der Waals surface area (Å²) in [4.78, 5) is 0. The smallest absolute Gasteiger partial charge is 0.0832 e. The van der Waals surface area contributed by atoms with E-state index in [4.69, 9.17) is 4.74 Å². The largest absolute Gasteiger partial charge is 0.396 e. The molecular weight excluding hydrogens is 218 g/mol. The molecule has 2 atom stereocenters. The molecule has 2 fully saturated rings. The van der Waals surface area contributed by atoms with Crippen LogP contribution in [0.5, 0.6) is 0 Å². The van der Waals surface area contributed by atoms with Crippen LogP contribution in [-0.2, 0) is 4.74 Å². The average molecular weight is 243 g/mol. The van der Waals surface area contributed by atoms with Crippen molar-refractivity contribution in [2.24, 2.45) is 11.3 Å². The second kappa shape index (κ2) is 4.19. The van der Waals surface area contributed by atoms with Crippen molar-refractivity contribution in [3.63, 3.8) is 0 Å². The van der Waals surface area contributed by atoms with Gasteiger partial charge in [-0.15, -0.1) is 0 Å². The van der Waals surface area contributed by atoms with E-state index in [-0.39, 0.29) is 23.5 Å².